The van der Waals surface area contributed by atoms with Crippen molar-refractivity contribution in [3.8, 4) is 77.9 Å². The van der Waals surface area contributed by atoms with Gasteiger partial charge in [-0.1, -0.05) is 220 Å². The summed E-state index contributed by atoms with van der Waals surface area (Å²) in [5, 5.41) is 0. The number of nitrogens with zero attached hydrogens (tertiary/aromatic N) is 1. The molecule has 0 atom stereocenters. The molecule has 11 rings (SSSR count). The Morgan fingerprint density at radius 2 is 0.719 bits per heavy atom. The van der Waals surface area contributed by atoms with Crippen molar-refractivity contribution in [2.24, 2.45) is 0 Å². The van der Waals surface area contributed by atoms with Crippen LogP contribution in [0.15, 0.2) is 249 Å². The molecule has 0 fully saturated rings. The van der Waals surface area contributed by atoms with Crippen molar-refractivity contribution in [3.05, 3.63) is 260 Å². The molecule has 0 saturated carbocycles. The van der Waals surface area contributed by atoms with Crippen LogP contribution in [0, 0.1) is 0 Å². The van der Waals surface area contributed by atoms with Gasteiger partial charge in [-0.05, 0) is 126 Å². The molecule has 0 amide bonds. The molecule has 10 aromatic rings. The average Bonchev–Trinajstić information content (AvgIpc) is 3.60. The van der Waals surface area contributed by atoms with Gasteiger partial charge in [0.25, 0.3) is 0 Å². The first-order valence-corrected chi connectivity index (χ1v) is 22.3. The minimum atomic E-state index is -0.0904. The van der Waals surface area contributed by atoms with Crippen LogP contribution in [0.1, 0.15) is 25.0 Å². The summed E-state index contributed by atoms with van der Waals surface area (Å²) in [6.07, 6.45) is 0. The van der Waals surface area contributed by atoms with Crippen LogP contribution in [0.4, 0.5) is 17.1 Å². The third-order valence-electron chi connectivity index (χ3n) is 13.1. The molecule has 0 saturated heterocycles. The summed E-state index contributed by atoms with van der Waals surface area (Å²) in [6, 6.07) is 90.9. The molecule has 0 N–H and O–H groups in total. The second-order valence-corrected chi connectivity index (χ2v) is 17.3. The predicted molar refractivity (Wildman–Crippen MR) is 271 cm³/mol. The Kier molecular flexibility index (Phi) is 9.94. The van der Waals surface area contributed by atoms with Crippen molar-refractivity contribution in [1.29, 1.82) is 0 Å². The Balaban J connectivity index is 1.11. The van der Waals surface area contributed by atoms with Crippen LogP contribution in [0.25, 0.3) is 77.9 Å². The molecule has 1 aliphatic rings. The number of hydrogen-bond acceptors (Lipinski definition) is 1. The van der Waals surface area contributed by atoms with Crippen LogP contribution in [0.3, 0.4) is 0 Å². The molecular weight excluding hydrogens is 771 g/mol. The van der Waals surface area contributed by atoms with Crippen molar-refractivity contribution in [1.82, 2.24) is 0 Å². The summed E-state index contributed by atoms with van der Waals surface area (Å²) >= 11 is 0. The molecule has 0 unspecified atom stereocenters. The summed E-state index contributed by atoms with van der Waals surface area (Å²) in [6.45, 7) is 4.71. The molecule has 0 aliphatic heterocycles. The maximum absolute atomic E-state index is 2.46. The van der Waals surface area contributed by atoms with E-state index in [1.54, 1.807) is 0 Å². The third kappa shape index (κ3) is 7.02. The molecule has 1 nitrogen and oxygen atoms in total. The second-order valence-electron chi connectivity index (χ2n) is 17.3. The van der Waals surface area contributed by atoms with Gasteiger partial charge in [0, 0.05) is 22.4 Å². The fraction of sp³-hybridized carbons (Fsp3) is 0.0476. The van der Waals surface area contributed by atoms with Gasteiger partial charge in [-0.3, -0.25) is 0 Å². The molecular formula is C63H47N. The van der Waals surface area contributed by atoms with Gasteiger partial charge in [0.15, 0.2) is 0 Å². The summed E-state index contributed by atoms with van der Waals surface area (Å²) in [5.74, 6) is 0. The van der Waals surface area contributed by atoms with Crippen LogP contribution < -0.4 is 4.90 Å². The zero-order valence-corrected chi connectivity index (χ0v) is 36.1. The van der Waals surface area contributed by atoms with Crippen molar-refractivity contribution in [2.45, 2.75) is 19.3 Å². The Bertz CT molecular complexity index is 3270. The van der Waals surface area contributed by atoms with Gasteiger partial charge in [0.1, 0.15) is 0 Å². The minimum absolute atomic E-state index is 0.0904. The monoisotopic (exact) mass is 817 g/mol. The average molecular weight is 818 g/mol. The van der Waals surface area contributed by atoms with Crippen LogP contribution in [-0.4, -0.2) is 0 Å². The first kappa shape index (κ1) is 38.9. The summed E-state index contributed by atoms with van der Waals surface area (Å²) < 4.78 is 0. The first-order valence-electron chi connectivity index (χ1n) is 22.3. The summed E-state index contributed by atoms with van der Waals surface area (Å²) in [5.41, 5.74) is 22.9. The molecule has 64 heavy (non-hydrogen) atoms. The van der Waals surface area contributed by atoms with Crippen LogP contribution in [-0.2, 0) is 5.41 Å². The van der Waals surface area contributed by atoms with Crippen molar-refractivity contribution < 1.29 is 0 Å². The van der Waals surface area contributed by atoms with E-state index < -0.39 is 0 Å². The quantitative estimate of drug-likeness (QED) is 0.140. The van der Waals surface area contributed by atoms with Gasteiger partial charge < -0.3 is 4.90 Å². The zero-order chi connectivity index (χ0) is 43.0. The summed E-state index contributed by atoms with van der Waals surface area (Å²) in [7, 11) is 0. The second kappa shape index (κ2) is 16.4. The topological polar surface area (TPSA) is 3.24 Å². The molecule has 0 bridgehead atoms. The van der Waals surface area contributed by atoms with Crippen LogP contribution in [0.5, 0.6) is 0 Å². The molecule has 0 radical (unpaired) electrons. The highest BCUT2D eigenvalue weighted by Crippen LogP contribution is 2.51. The third-order valence-corrected chi connectivity index (χ3v) is 13.1. The predicted octanol–water partition coefficient (Wildman–Crippen LogP) is 17.5. The van der Waals surface area contributed by atoms with Gasteiger partial charge >= 0.3 is 0 Å². The Hall–Kier alpha value is -8.00. The first-order chi connectivity index (χ1) is 31.5. The molecule has 304 valence electrons. The molecule has 10 aromatic carbocycles. The Labute approximate surface area is 377 Å². The standard InChI is InChI=1S/C63H47N/c1-63(2)59-33-15-14-30-56(59)57-40-37-51(43-60(57)63)50-27-17-28-53(42-50)64(52-38-35-45(36-39-52)49-26-16-25-48(41-49)44-19-6-3-7-20-44)61-34-18-32-55(47-23-10-5-11-24-47)62(61)58-31-13-12-29-54(58)46-21-8-4-9-22-46/h3-43H,1-2H3. The maximum Gasteiger partial charge on any atom is 0.0546 e. The van der Waals surface area contributed by atoms with E-state index >= 15 is 0 Å². The van der Waals surface area contributed by atoms with Crippen LogP contribution >= 0.6 is 0 Å². The molecule has 1 heteroatoms. The lowest BCUT2D eigenvalue weighted by Gasteiger charge is -2.30. The van der Waals surface area contributed by atoms with Gasteiger partial charge in [-0.25, -0.2) is 0 Å². The summed E-state index contributed by atoms with van der Waals surface area (Å²) in [4.78, 5) is 2.46. The van der Waals surface area contributed by atoms with Gasteiger partial charge in [-0.2, -0.15) is 0 Å². The largest absolute Gasteiger partial charge is 0.310 e. The zero-order valence-electron chi connectivity index (χ0n) is 36.1. The molecule has 0 aromatic heterocycles. The highest BCUT2D eigenvalue weighted by Gasteiger charge is 2.35. The highest BCUT2D eigenvalue weighted by atomic mass is 15.1. The normalized spacial score (nSPS) is 12.3. The number of rotatable bonds is 9. The van der Waals surface area contributed by atoms with Crippen molar-refractivity contribution in [2.75, 3.05) is 4.90 Å². The van der Waals surface area contributed by atoms with E-state index in [2.05, 4.69) is 267 Å². The Morgan fingerprint density at radius 1 is 0.266 bits per heavy atom. The van der Waals surface area contributed by atoms with Crippen molar-refractivity contribution >= 4 is 17.1 Å². The number of anilines is 3. The lowest BCUT2D eigenvalue weighted by Crippen LogP contribution is -2.15. The smallest absolute Gasteiger partial charge is 0.0546 e. The fourth-order valence-corrected chi connectivity index (χ4v) is 9.89. The molecule has 0 heterocycles. The van der Waals surface area contributed by atoms with E-state index in [1.165, 1.54) is 89.0 Å². The number of benzene rings is 10. The maximum atomic E-state index is 2.46. The SMILES string of the molecule is CC1(C)c2ccccc2-c2ccc(-c3cccc(N(c4ccc(-c5cccc(-c6ccccc6)c5)cc4)c4cccc(-c5ccccc5)c4-c4ccccc4-c4ccccc4)c3)cc21. The lowest BCUT2D eigenvalue weighted by atomic mass is 9.81. The fourth-order valence-electron chi connectivity index (χ4n) is 9.89. The minimum Gasteiger partial charge on any atom is -0.310 e. The Morgan fingerprint density at radius 3 is 1.41 bits per heavy atom. The van der Waals surface area contributed by atoms with E-state index in [9.17, 15) is 0 Å². The van der Waals surface area contributed by atoms with Gasteiger partial charge in [-0.15, -0.1) is 0 Å². The van der Waals surface area contributed by atoms with E-state index in [0.29, 0.717) is 0 Å². The van der Waals surface area contributed by atoms with Gasteiger partial charge in [0.2, 0.25) is 0 Å². The molecule has 0 spiro atoms. The van der Waals surface area contributed by atoms with E-state index in [1.807, 2.05) is 0 Å². The van der Waals surface area contributed by atoms with Gasteiger partial charge in [0.05, 0.1) is 5.69 Å². The van der Waals surface area contributed by atoms with Crippen molar-refractivity contribution in [3.63, 3.8) is 0 Å². The van der Waals surface area contributed by atoms with E-state index in [0.717, 1.165) is 17.1 Å². The van der Waals surface area contributed by atoms with E-state index in [-0.39, 0.29) is 5.41 Å². The lowest BCUT2D eigenvalue weighted by molar-refractivity contribution is 0.660. The highest BCUT2D eigenvalue weighted by molar-refractivity contribution is 6.01. The molecule has 1 aliphatic carbocycles. The van der Waals surface area contributed by atoms with E-state index in [4.69, 9.17) is 0 Å². The number of fused-ring (bicyclic) bond motifs is 3. The number of hydrogen-bond donors (Lipinski definition) is 0. The van der Waals surface area contributed by atoms with Crippen LogP contribution in [0.2, 0.25) is 0 Å².